The van der Waals surface area contributed by atoms with E-state index in [0.29, 0.717) is 12.2 Å². The fourth-order valence-corrected chi connectivity index (χ4v) is 2.10. The standard InChI is InChI=1S/C10H16O2S/c1-9-8-13-7-5-3-2-4-6-12-10(9)11/h1-8H2. The van der Waals surface area contributed by atoms with E-state index in [9.17, 15) is 4.79 Å². The Morgan fingerprint density at radius 2 is 2.00 bits per heavy atom. The van der Waals surface area contributed by atoms with E-state index in [4.69, 9.17) is 4.74 Å². The monoisotopic (exact) mass is 200 g/mol. The summed E-state index contributed by atoms with van der Waals surface area (Å²) in [5.74, 6) is 1.64. The van der Waals surface area contributed by atoms with E-state index in [0.717, 1.165) is 17.9 Å². The third-order valence-electron chi connectivity index (χ3n) is 1.98. The molecule has 0 aromatic heterocycles. The van der Waals surface area contributed by atoms with Crippen LogP contribution in [0.2, 0.25) is 0 Å². The van der Waals surface area contributed by atoms with Crippen molar-refractivity contribution in [2.24, 2.45) is 0 Å². The molecular weight excluding hydrogens is 184 g/mol. The number of carbonyl (C=O) groups excluding carboxylic acids is 1. The highest BCUT2D eigenvalue weighted by atomic mass is 32.2. The molecule has 1 aliphatic rings. The van der Waals surface area contributed by atoms with Crippen molar-refractivity contribution >= 4 is 17.7 Å². The summed E-state index contributed by atoms with van der Waals surface area (Å²) in [7, 11) is 0. The molecule has 0 aliphatic carbocycles. The topological polar surface area (TPSA) is 26.3 Å². The van der Waals surface area contributed by atoms with Gasteiger partial charge in [-0.25, -0.2) is 4.79 Å². The van der Waals surface area contributed by atoms with E-state index in [2.05, 4.69) is 6.58 Å². The van der Waals surface area contributed by atoms with Gasteiger partial charge in [-0.1, -0.05) is 19.4 Å². The van der Waals surface area contributed by atoms with Crippen molar-refractivity contribution < 1.29 is 9.53 Å². The predicted octanol–water partition coefficient (Wildman–Crippen LogP) is 2.39. The highest BCUT2D eigenvalue weighted by Crippen LogP contribution is 2.13. The maximum absolute atomic E-state index is 11.2. The molecule has 0 amide bonds. The van der Waals surface area contributed by atoms with Crippen LogP contribution in [-0.2, 0) is 9.53 Å². The Bertz CT molecular complexity index is 169. The van der Waals surface area contributed by atoms with Crippen LogP contribution >= 0.6 is 11.8 Å². The molecule has 1 aliphatic heterocycles. The van der Waals surface area contributed by atoms with Gasteiger partial charge in [-0.2, -0.15) is 11.8 Å². The first kappa shape index (κ1) is 10.6. The number of hydrogen-bond donors (Lipinski definition) is 0. The second-order valence-electron chi connectivity index (χ2n) is 3.21. The lowest BCUT2D eigenvalue weighted by Gasteiger charge is -2.04. The van der Waals surface area contributed by atoms with Crippen LogP contribution in [0.4, 0.5) is 0 Å². The Morgan fingerprint density at radius 1 is 1.23 bits per heavy atom. The van der Waals surface area contributed by atoms with Gasteiger partial charge in [-0.05, 0) is 18.6 Å². The van der Waals surface area contributed by atoms with Crippen molar-refractivity contribution in [1.29, 1.82) is 0 Å². The largest absolute Gasteiger partial charge is 0.462 e. The van der Waals surface area contributed by atoms with E-state index in [1.807, 2.05) is 0 Å². The summed E-state index contributed by atoms with van der Waals surface area (Å²) in [5.41, 5.74) is 0.604. The second kappa shape index (κ2) is 6.08. The van der Waals surface area contributed by atoms with Crippen LogP contribution in [0.3, 0.4) is 0 Å². The van der Waals surface area contributed by atoms with Crippen molar-refractivity contribution in [2.75, 3.05) is 18.1 Å². The molecule has 0 aromatic carbocycles. The average Bonchev–Trinajstić information content (AvgIpc) is 2.16. The van der Waals surface area contributed by atoms with Crippen LogP contribution in [-0.4, -0.2) is 24.1 Å². The third kappa shape index (κ3) is 4.36. The lowest BCUT2D eigenvalue weighted by atomic mass is 10.2. The molecule has 0 bridgehead atoms. The summed E-state index contributed by atoms with van der Waals surface area (Å²) in [4.78, 5) is 11.2. The summed E-state index contributed by atoms with van der Waals surface area (Å²) in [6, 6.07) is 0. The van der Waals surface area contributed by atoms with Gasteiger partial charge in [0.1, 0.15) is 0 Å². The minimum atomic E-state index is -0.214. The Kier molecular flexibility index (Phi) is 4.98. The van der Waals surface area contributed by atoms with Crippen molar-refractivity contribution in [3.63, 3.8) is 0 Å². The van der Waals surface area contributed by atoms with Gasteiger partial charge in [-0.3, -0.25) is 0 Å². The van der Waals surface area contributed by atoms with Gasteiger partial charge in [0.05, 0.1) is 6.61 Å². The molecule has 13 heavy (non-hydrogen) atoms. The van der Waals surface area contributed by atoms with Crippen LogP contribution in [0.1, 0.15) is 25.7 Å². The van der Waals surface area contributed by atoms with Crippen molar-refractivity contribution in [3.05, 3.63) is 12.2 Å². The first-order valence-electron chi connectivity index (χ1n) is 4.73. The fourth-order valence-electron chi connectivity index (χ4n) is 1.18. The zero-order valence-corrected chi connectivity index (χ0v) is 8.70. The van der Waals surface area contributed by atoms with E-state index >= 15 is 0 Å². The molecule has 2 nitrogen and oxygen atoms in total. The molecule has 0 saturated carbocycles. The van der Waals surface area contributed by atoms with Gasteiger partial charge >= 0.3 is 5.97 Å². The molecule has 3 heteroatoms. The Labute approximate surface area is 83.7 Å². The molecule has 0 unspecified atom stereocenters. The first-order valence-corrected chi connectivity index (χ1v) is 5.89. The van der Waals surface area contributed by atoms with Crippen molar-refractivity contribution in [1.82, 2.24) is 0 Å². The van der Waals surface area contributed by atoms with Gasteiger partial charge in [0.25, 0.3) is 0 Å². The molecule has 74 valence electrons. The highest BCUT2D eigenvalue weighted by molar-refractivity contribution is 7.99. The number of carbonyl (C=O) groups is 1. The summed E-state index contributed by atoms with van der Waals surface area (Å²) in [6.45, 7) is 4.26. The Balaban J connectivity index is 2.35. The van der Waals surface area contributed by atoms with Crippen LogP contribution in [0.5, 0.6) is 0 Å². The minimum Gasteiger partial charge on any atom is -0.462 e. The van der Waals surface area contributed by atoms with E-state index < -0.39 is 0 Å². The zero-order chi connectivity index (χ0) is 9.52. The number of rotatable bonds is 0. The normalized spacial score (nSPS) is 21.8. The van der Waals surface area contributed by atoms with Gasteiger partial charge in [0.15, 0.2) is 0 Å². The molecule has 1 heterocycles. The van der Waals surface area contributed by atoms with Gasteiger partial charge < -0.3 is 4.74 Å². The van der Waals surface area contributed by atoms with Crippen LogP contribution in [0.15, 0.2) is 12.2 Å². The first-order chi connectivity index (χ1) is 6.30. The molecule has 0 N–H and O–H groups in total. The number of ether oxygens (including phenoxy) is 1. The lowest BCUT2D eigenvalue weighted by molar-refractivity contribution is -0.139. The molecule has 1 saturated heterocycles. The Morgan fingerprint density at radius 3 is 2.85 bits per heavy atom. The van der Waals surface area contributed by atoms with Crippen LogP contribution in [0.25, 0.3) is 0 Å². The van der Waals surface area contributed by atoms with Crippen LogP contribution in [0, 0.1) is 0 Å². The van der Waals surface area contributed by atoms with E-state index in [1.54, 1.807) is 11.8 Å². The molecule has 0 radical (unpaired) electrons. The zero-order valence-electron chi connectivity index (χ0n) is 7.88. The third-order valence-corrected chi connectivity index (χ3v) is 3.11. The number of esters is 1. The van der Waals surface area contributed by atoms with E-state index in [-0.39, 0.29) is 5.97 Å². The van der Waals surface area contributed by atoms with Gasteiger partial charge in [0.2, 0.25) is 0 Å². The van der Waals surface area contributed by atoms with Crippen LogP contribution < -0.4 is 0 Å². The van der Waals surface area contributed by atoms with Crippen molar-refractivity contribution in [3.8, 4) is 0 Å². The SMILES string of the molecule is C=C1CSCCCCCCOC1=O. The summed E-state index contributed by atoms with van der Waals surface area (Å²) in [6.07, 6.45) is 4.65. The maximum atomic E-state index is 11.2. The molecule has 0 aromatic rings. The quantitative estimate of drug-likeness (QED) is 0.443. The summed E-state index contributed by atoms with van der Waals surface area (Å²) < 4.78 is 5.03. The van der Waals surface area contributed by atoms with Gasteiger partial charge in [0, 0.05) is 11.3 Å². The molecule has 1 fully saturated rings. The maximum Gasteiger partial charge on any atom is 0.334 e. The number of thioether (sulfide) groups is 1. The molecule has 1 rings (SSSR count). The fraction of sp³-hybridized carbons (Fsp3) is 0.700. The van der Waals surface area contributed by atoms with Gasteiger partial charge in [-0.15, -0.1) is 0 Å². The smallest absolute Gasteiger partial charge is 0.334 e. The molecule has 0 spiro atoms. The lowest BCUT2D eigenvalue weighted by Crippen LogP contribution is -2.09. The molecule has 0 atom stereocenters. The number of hydrogen-bond acceptors (Lipinski definition) is 3. The molecular formula is C10H16O2S. The minimum absolute atomic E-state index is 0.214. The van der Waals surface area contributed by atoms with E-state index in [1.165, 1.54) is 19.3 Å². The predicted molar refractivity (Wildman–Crippen MR) is 55.9 cm³/mol. The summed E-state index contributed by atoms with van der Waals surface area (Å²) in [5, 5.41) is 0. The second-order valence-corrected chi connectivity index (χ2v) is 4.31. The van der Waals surface area contributed by atoms with Crippen molar-refractivity contribution in [2.45, 2.75) is 25.7 Å². The number of cyclic esters (lactones) is 1. The Hall–Kier alpha value is -0.440. The average molecular weight is 200 g/mol. The summed E-state index contributed by atoms with van der Waals surface area (Å²) >= 11 is 1.77. The highest BCUT2D eigenvalue weighted by Gasteiger charge is 2.08.